The zero-order valence-corrected chi connectivity index (χ0v) is 8.93. The fraction of sp³-hybridized carbons (Fsp3) is 0.600. The Morgan fingerprint density at radius 1 is 1.57 bits per heavy atom. The molecule has 0 unspecified atom stereocenters. The molecule has 1 aromatic heterocycles. The minimum absolute atomic E-state index is 0.137. The third-order valence-corrected chi connectivity index (χ3v) is 4.10. The molecule has 76 valence electrons. The number of rotatable bonds is 2. The lowest BCUT2D eigenvalue weighted by molar-refractivity contribution is 0.0691. The molecular weight excluding hydrogens is 198 g/mol. The van der Waals surface area contributed by atoms with E-state index in [0.717, 1.165) is 17.8 Å². The zero-order valence-electron chi connectivity index (χ0n) is 8.12. The fourth-order valence-corrected chi connectivity index (χ4v) is 3.03. The summed E-state index contributed by atoms with van der Waals surface area (Å²) < 4.78 is 0. The third kappa shape index (κ3) is 1.54. The van der Waals surface area contributed by atoms with E-state index in [1.54, 1.807) is 5.38 Å². The molecule has 4 heteroatoms. The van der Waals surface area contributed by atoms with Crippen LogP contribution in [0.15, 0.2) is 5.38 Å². The molecule has 2 rings (SSSR count). The number of aromatic nitrogens is 1. The van der Waals surface area contributed by atoms with Crippen molar-refractivity contribution in [2.45, 2.75) is 38.0 Å². The third-order valence-electron chi connectivity index (χ3n) is 2.95. The van der Waals surface area contributed by atoms with E-state index in [4.69, 9.17) is 5.11 Å². The Morgan fingerprint density at radius 3 is 2.71 bits per heavy atom. The van der Waals surface area contributed by atoms with Gasteiger partial charge in [0, 0.05) is 10.8 Å². The summed E-state index contributed by atoms with van der Waals surface area (Å²) in [6.07, 6.45) is 4.75. The van der Waals surface area contributed by atoms with E-state index in [2.05, 4.69) is 11.9 Å². The van der Waals surface area contributed by atoms with Crippen LogP contribution in [0.25, 0.3) is 0 Å². The van der Waals surface area contributed by atoms with Gasteiger partial charge in [-0.2, -0.15) is 0 Å². The quantitative estimate of drug-likeness (QED) is 0.818. The van der Waals surface area contributed by atoms with E-state index >= 15 is 0 Å². The summed E-state index contributed by atoms with van der Waals surface area (Å²) in [4.78, 5) is 14.9. The van der Waals surface area contributed by atoms with Gasteiger partial charge in [0.2, 0.25) is 0 Å². The van der Waals surface area contributed by atoms with Gasteiger partial charge in [0.05, 0.1) is 5.01 Å². The van der Waals surface area contributed by atoms with Crippen LogP contribution in [0, 0.1) is 0 Å². The lowest BCUT2D eigenvalue weighted by atomic mass is 9.90. The molecule has 0 spiro atoms. The summed E-state index contributed by atoms with van der Waals surface area (Å²) in [6, 6.07) is 0. The molecule has 1 fully saturated rings. The van der Waals surface area contributed by atoms with Gasteiger partial charge in [0.25, 0.3) is 0 Å². The topological polar surface area (TPSA) is 50.2 Å². The van der Waals surface area contributed by atoms with E-state index in [9.17, 15) is 4.79 Å². The van der Waals surface area contributed by atoms with Gasteiger partial charge in [-0.25, -0.2) is 9.78 Å². The standard InChI is InChI=1S/C10H13NO2S/c1-10(4-2-3-5-10)9-11-7(6-14-9)8(12)13/h6H,2-5H2,1H3,(H,12,13). The highest BCUT2D eigenvalue weighted by atomic mass is 32.1. The number of carboxylic acid groups (broad SMARTS) is 1. The summed E-state index contributed by atoms with van der Waals surface area (Å²) in [5.74, 6) is -0.922. The molecule has 0 radical (unpaired) electrons. The van der Waals surface area contributed by atoms with E-state index in [1.165, 1.54) is 24.2 Å². The minimum Gasteiger partial charge on any atom is -0.476 e. The number of aromatic carboxylic acids is 1. The molecule has 0 aliphatic heterocycles. The number of carbonyl (C=O) groups is 1. The van der Waals surface area contributed by atoms with Gasteiger partial charge >= 0.3 is 5.97 Å². The second-order valence-corrected chi connectivity index (χ2v) is 4.97. The zero-order chi connectivity index (χ0) is 10.2. The molecule has 1 aliphatic rings. The van der Waals surface area contributed by atoms with Crippen molar-refractivity contribution in [3.63, 3.8) is 0 Å². The molecule has 1 heterocycles. The molecule has 3 nitrogen and oxygen atoms in total. The van der Waals surface area contributed by atoms with E-state index in [1.807, 2.05) is 0 Å². The van der Waals surface area contributed by atoms with Crippen LogP contribution in [0.3, 0.4) is 0 Å². The predicted molar refractivity (Wildman–Crippen MR) is 54.9 cm³/mol. The van der Waals surface area contributed by atoms with Crippen LogP contribution in [-0.2, 0) is 5.41 Å². The second-order valence-electron chi connectivity index (χ2n) is 4.11. The van der Waals surface area contributed by atoms with Crippen molar-refractivity contribution in [3.05, 3.63) is 16.1 Å². The first-order chi connectivity index (χ1) is 6.62. The van der Waals surface area contributed by atoms with E-state index in [-0.39, 0.29) is 11.1 Å². The van der Waals surface area contributed by atoms with Crippen molar-refractivity contribution < 1.29 is 9.90 Å². The summed E-state index contributed by atoms with van der Waals surface area (Å²) in [5, 5.41) is 11.4. The summed E-state index contributed by atoms with van der Waals surface area (Å²) in [7, 11) is 0. The van der Waals surface area contributed by atoms with Crippen LogP contribution >= 0.6 is 11.3 Å². The molecule has 0 amide bonds. The van der Waals surface area contributed by atoms with Crippen molar-refractivity contribution >= 4 is 17.3 Å². The monoisotopic (exact) mass is 211 g/mol. The molecule has 14 heavy (non-hydrogen) atoms. The second kappa shape index (κ2) is 3.35. The number of thiazole rings is 1. The van der Waals surface area contributed by atoms with E-state index < -0.39 is 5.97 Å². The SMILES string of the molecule is CC1(c2nc(C(=O)O)cs2)CCCC1. The highest BCUT2D eigenvalue weighted by Crippen LogP contribution is 2.41. The Balaban J connectivity index is 2.28. The normalized spacial score (nSPS) is 19.8. The van der Waals surface area contributed by atoms with Gasteiger partial charge in [-0.15, -0.1) is 11.3 Å². The van der Waals surface area contributed by atoms with E-state index in [0.29, 0.717) is 0 Å². The van der Waals surface area contributed by atoms with Crippen LogP contribution in [0.2, 0.25) is 0 Å². The average Bonchev–Trinajstić information content (AvgIpc) is 2.71. The molecule has 0 bridgehead atoms. The Labute approximate surface area is 86.8 Å². The highest BCUT2D eigenvalue weighted by Gasteiger charge is 2.33. The van der Waals surface area contributed by atoms with Crippen LogP contribution < -0.4 is 0 Å². The van der Waals surface area contributed by atoms with Gasteiger partial charge in [-0.3, -0.25) is 0 Å². The molecule has 1 saturated carbocycles. The molecule has 1 aromatic rings. The van der Waals surface area contributed by atoms with Crippen molar-refractivity contribution in [2.24, 2.45) is 0 Å². The first-order valence-corrected chi connectivity index (χ1v) is 5.69. The van der Waals surface area contributed by atoms with Crippen LogP contribution in [-0.4, -0.2) is 16.1 Å². The number of hydrogen-bond donors (Lipinski definition) is 1. The Kier molecular flexibility index (Phi) is 2.31. The Morgan fingerprint density at radius 2 is 2.21 bits per heavy atom. The minimum atomic E-state index is -0.922. The molecule has 0 aromatic carbocycles. The van der Waals surface area contributed by atoms with Crippen LogP contribution in [0.1, 0.15) is 48.1 Å². The Bertz CT molecular complexity index is 353. The van der Waals surface area contributed by atoms with Gasteiger partial charge < -0.3 is 5.11 Å². The molecule has 1 N–H and O–H groups in total. The van der Waals surface area contributed by atoms with Crippen molar-refractivity contribution in [1.82, 2.24) is 4.98 Å². The van der Waals surface area contributed by atoms with Crippen molar-refractivity contribution in [3.8, 4) is 0 Å². The molecule has 0 atom stereocenters. The molecular formula is C10H13NO2S. The van der Waals surface area contributed by atoms with Crippen LogP contribution in [0.5, 0.6) is 0 Å². The summed E-state index contributed by atoms with van der Waals surface area (Å²) in [6.45, 7) is 2.18. The van der Waals surface area contributed by atoms with Gasteiger partial charge in [0.15, 0.2) is 5.69 Å². The van der Waals surface area contributed by atoms with Gasteiger partial charge in [0.1, 0.15) is 0 Å². The maximum absolute atomic E-state index is 10.7. The predicted octanol–water partition coefficient (Wildman–Crippen LogP) is 2.67. The van der Waals surface area contributed by atoms with Gasteiger partial charge in [-0.05, 0) is 12.8 Å². The van der Waals surface area contributed by atoms with Crippen molar-refractivity contribution in [1.29, 1.82) is 0 Å². The number of carboxylic acids is 1. The maximum atomic E-state index is 10.7. The smallest absolute Gasteiger partial charge is 0.355 e. The lowest BCUT2D eigenvalue weighted by Gasteiger charge is -2.19. The van der Waals surface area contributed by atoms with Crippen LogP contribution in [0.4, 0.5) is 0 Å². The highest BCUT2D eigenvalue weighted by molar-refractivity contribution is 7.10. The van der Waals surface area contributed by atoms with Gasteiger partial charge in [-0.1, -0.05) is 19.8 Å². The fourth-order valence-electron chi connectivity index (χ4n) is 2.02. The van der Waals surface area contributed by atoms with Crippen molar-refractivity contribution in [2.75, 3.05) is 0 Å². The summed E-state index contributed by atoms with van der Waals surface area (Å²) in [5.41, 5.74) is 0.330. The first kappa shape index (κ1) is 9.65. The number of hydrogen-bond acceptors (Lipinski definition) is 3. The molecule has 1 aliphatic carbocycles. The first-order valence-electron chi connectivity index (χ1n) is 4.81. The maximum Gasteiger partial charge on any atom is 0.355 e. The molecule has 0 saturated heterocycles. The lowest BCUT2D eigenvalue weighted by Crippen LogP contribution is -2.16. The average molecular weight is 211 g/mol. The summed E-state index contributed by atoms with van der Waals surface area (Å²) >= 11 is 1.48. The largest absolute Gasteiger partial charge is 0.476 e. The Hall–Kier alpha value is -0.900. The number of nitrogens with zero attached hydrogens (tertiary/aromatic N) is 1.